The molecule has 0 amide bonds. The zero-order valence-corrected chi connectivity index (χ0v) is 11.7. The van der Waals surface area contributed by atoms with Crippen molar-refractivity contribution in [3.8, 4) is 5.75 Å². The molecule has 0 heterocycles. The van der Waals surface area contributed by atoms with E-state index in [-0.39, 0.29) is 5.82 Å². The molecule has 0 aliphatic heterocycles. The number of benzene rings is 2. The molecule has 3 nitrogen and oxygen atoms in total. The maximum absolute atomic E-state index is 13.2. The lowest BCUT2D eigenvalue weighted by atomic mass is 10.1. The molecule has 2 aromatic rings. The van der Waals surface area contributed by atoms with Gasteiger partial charge in [0.1, 0.15) is 11.6 Å². The zero-order valence-electron chi connectivity index (χ0n) is 11.7. The Balaban J connectivity index is 2.19. The summed E-state index contributed by atoms with van der Waals surface area (Å²) in [6.07, 6.45) is 0. The highest BCUT2D eigenvalue weighted by Crippen LogP contribution is 2.25. The summed E-state index contributed by atoms with van der Waals surface area (Å²) in [4.78, 5) is 0. The minimum Gasteiger partial charge on any atom is -0.496 e. The molecular formula is C16H19FN2O. The van der Waals surface area contributed by atoms with Crippen LogP contribution in [-0.4, -0.2) is 13.7 Å². The monoisotopic (exact) mass is 274 g/mol. The van der Waals surface area contributed by atoms with Gasteiger partial charge in [0, 0.05) is 23.5 Å². The van der Waals surface area contributed by atoms with Crippen LogP contribution in [0.15, 0.2) is 42.5 Å². The smallest absolute Gasteiger partial charge is 0.125 e. The van der Waals surface area contributed by atoms with E-state index in [0.29, 0.717) is 0 Å². The van der Waals surface area contributed by atoms with E-state index < -0.39 is 0 Å². The summed E-state index contributed by atoms with van der Waals surface area (Å²) >= 11 is 0. The summed E-state index contributed by atoms with van der Waals surface area (Å²) in [5, 5.41) is 6.46. The maximum Gasteiger partial charge on any atom is 0.125 e. The third kappa shape index (κ3) is 3.71. The third-order valence-electron chi connectivity index (χ3n) is 2.96. The van der Waals surface area contributed by atoms with Crippen LogP contribution in [-0.2, 0) is 6.54 Å². The maximum atomic E-state index is 13.2. The molecule has 0 saturated carbocycles. The van der Waals surface area contributed by atoms with Crippen molar-refractivity contribution in [2.45, 2.75) is 13.5 Å². The Bertz CT molecular complexity index is 572. The van der Waals surface area contributed by atoms with E-state index in [1.165, 1.54) is 12.1 Å². The van der Waals surface area contributed by atoms with Crippen LogP contribution >= 0.6 is 0 Å². The first-order valence-electron chi connectivity index (χ1n) is 6.63. The van der Waals surface area contributed by atoms with E-state index in [2.05, 4.69) is 17.6 Å². The predicted octanol–water partition coefficient (Wildman–Crippen LogP) is 3.69. The molecule has 0 atom stereocenters. The molecule has 0 aliphatic rings. The average Bonchev–Trinajstić information content (AvgIpc) is 2.45. The summed E-state index contributed by atoms with van der Waals surface area (Å²) in [5.41, 5.74) is 2.70. The van der Waals surface area contributed by atoms with Crippen molar-refractivity contribution in [2.24, 2.45) is 0 Å². The molecule has 20 heavy (non-hydrogen) atoms. The Morgan fingerprint density at radius 3 is 2.60 bits per heavy atom. The quantitative estimate of drug-likeness (QED) is 0.843. The Hall–Kier alpha value is -2.07. The van der Waals surface area contributed by atoms with Crippen molar-refractivity contribution in [1.29, 1.82) is 0 Å². The molecule has 0 aliphatic carbocycles. The lowest BCUT2D eigenvalue weighted by Gasteiger charge is -2.12. The van der Waals surface area contributed by atoms with Crippen molar-refractivity contribution in [3.05, 3.63) is 53.8 Å². The topological polar surface area (TPSA) is 33.3 Å². The number of halogens is 1. The van der Waals surface area contributed by atoms with Crippen LogP contribution in [0.2, 0.25) is 0 Å². The van der Waals surface area contributed by atoms with Gasteiger partial charge in [-0.05, 0) is 42.9 Å². The standard InChI is InChI=1S/C16H19FN2O/c1-3-18-11-12-9-15(7-8-16(12)20-2)19-14-6-4-5-13(17)10-14/h4-10,18-19H,3,11H2,1-2H3. The first-order valence-corrected chi connectivity index (χ1v) is 6.63. The molecule has 0 aromatic heterocycles. The summed E-state index contributed by atoms with van der Waals surface area (Å²) < 4.78 is 18.5. The first-order chi connectivity index (χ1) is 9.72. The number of rotatable bonds is 6. The van der Waals surface area contributed by atoms with Gasteiger partial charge in [-0.2, -0.15) is 0 Å². The van der Waals surface area contributed by atoms with Gasteiger partial charge in [0.2, 0.25) is 0 Å². The fraction of sp³-hybridized carbons (Fsp3) is 0.250. The largest absolute Gasteiger partial charge is 0.496 e. The summed E-state index contributed by atoms with van der Waals surface area (Å²) in [6.45, 7) is 3.68. The van der Waals surface area contributed by atoms with Crippen LogP contribution in [0.4, 0.5) is 15.8 Å². The van der Waals surface area contributed by atoms with Gasteiger partial charge in [-0.25, -0.2) is 4.39 Å². The van der Waals surface area contributed by atoms with Gasteiger partial charge in [0.15, 0.2) is 0 Å². The van der Waals surface area contributed by atoms with Gasteiger partial charge in [-0.15, -0.1) is 0 Å². The summed E-state index contributed by atoms with van der Waals surface area (Å²) in [7, 11) is 1.66. The molecule has 0 fully saturated rings. The highest BCUT2D eigenvalue weighted by atomic mass is 19.1. The van der Waals surface area contributed by atoms with E-state index in [0.717, 1.165) is 35.8 Å². The molecule has 4 heteroatoms. The van der Waals surface area contributed by atoms with Gasteiger partial charge in [-0.1, -0.05) is 13.0 Å². The SMILES string of the molecule is CCNCc1cc(Nc2cccc(F)c2)ccc1OC. The van der Waals surface area contributed by atoms with Crippen molar-refractivity contribution < 1.29 is 9.13 Å². The normalized spacial score (nSPS) is 10.3. The highest BCUT2D eigenvalue weighted by molar-refractivity contribution is 5.62. The molecular weight excluding hydrogens is 255 g/mol. The fourth-order valence-corrected chi connectivity index (χ4v) is 1.99. The highest BCUT2D eigenvalue weighted by Gasteiger charge is 2.04. The first kappa shape index (κ1) is 14.3. The Morgan fingerprint density at radius 1 is 1.10 bits per heavy atom. The Morgan fingerprint density at radius 2 is 1.90 bits per heavy atom. The summed E-state index contributed by atoms with van der Waals surface area (Å²) in [5.74, 6) is 0.590. The number of anilines is 2. The predicted molar refractivity (Wildman–Crippen MR) is 80.1 cm³/mol. The number of methoxy groups -OCH3 is 1. The fourth-order valence-electron chi connectivity index (χ4n) is 1.99. The van der Waals surface area contributed by atoms with Crippen LogP contribution in [0.25, 0.3) is 0 Å². The molecule has 2 N–H and O–H groups in total. The molecule has 0 bridgehead atoms. The molecule has 106 valence electrons. The molecule has 0 unspecified atom stereocenters. The summed E-state index contributed by atoms with van der Waals surface area (Å²) in [6, 6.07) is 12.2. The molecule has 0 spiro atoms. The van der Waals surface area contributed by atoms with E-state index in [1.807, 2.05) is 24.3 Å². The number of hydrogen-bond acceptors (Lipinski definition) is 3. The van der Waals surface area contributed by atoms with Gasteiger partial charge >= 0.3 is 0 Å². The molecule has 2 aromatic carbocycles. The van der Waals surface area contributed by atoms with Crippen molar-refractivity contribution in [1.82, 2.24) is 5.32 Å². The number of nitrogens with one attached hydrogen (secondary N) is 2. The van der Waals surface area contributed by atoms with Crippen LogP contribution in [0.1, 0.15) is 12.5 Å². The van der Waals surface area contributed by atoms with Gasteiger partial charge in [-0.3, -0.25) is 0 Å². The van der Waals surface area contributed by atoms with Crippen LogP contribution < -0.4 is 15.4 Å². The van der Waals surface area contributed by atoms with E-state index in [9.17, 15) is 4.39 Å². The Kier molecular flexibility index (Phi) is 4.96. The van der Waals surface area contributed by atoms with Gasteiger partial charge in [0.05, 0.1) is 7.11 Å². The zero-order chi connectivity index (χ0) is 14.4. The molecule has 0 saturated heterocycles. The number of hydrogen-bond donors (Lipinski definition) is 2. The average molecular weight is 274 g/mol. The van der Waals surface area contributed by atoms with Crippen molar-refractivity contribution in [3.63, 3.8) is 0 Å². The lowest BCUT2D eigenvalue weighted by molar-refractivity contribution is 0.408. The van der Waals surface area contributed by atoms with E-state index in [4.69, 9.17) is 4.74 Å². The second-order valence-electron chi connectivity index (χ2n) is 4.44. The minimum absolute atomic E-state index is 0.253. The van der Waals surface area contributed by atoms with Crippen LogP contribution in [0, 0.1) is 5.82 Å². The lowest BCUT2D eigenvalue weighted by Crippen LogP contribution is -2.12. The second kappa shape index (κ2) is 6.91. The molecule has 0 radical (unpaired) electrons. The van der Waals surface area contributed by atoms with E-state index >= 15 is 0 Å². The minimum atomic E-state index is -0.253. The van der Waals surface area contributed by atoms with Crippen LogP contribution in [0.3, 0.4) is 0 Å². The van der Waals surface area contributed by atoms with E-state index in [1.54, 1.807) is 13.2 Å². The van der Waals surface area contributed by atoms with Gasteiger partial charge in [0.25, 0.3) is 0 Å². The second-order valence-corrected chi connectivity index (χ2v) is 4.44. The van der Waals surface area contributed by atoms with Crippen molar-refractivity contribution in [2.75, 3.05) is 19.0 Å². The third-order valence-corrected chi connectivity index (χ3v) is 2.96. The van der Waals surface area contributed by atoms with Crippen molar-refractivity contribution >= 4 is 11.4 Å². The van der Waals surface area contributed by atoms with Gasteiger partial charge < -0.3 is 15.4 Å². The number of ether oxygens (including phenoxy) is 1. The Labute approximate surface area is 118 Å². The van der Waals surface area contributed by atoms with Crippen LogP contribution in [0.5, 0.6) is 5.75 Å². The molecule has 2 rings (SSSR count).